The van der Waals surface area contributed by atoms with E-state index in [-0.39, 0.29) is 17.9 Å². The third kappa shape index (κ3) is 26.5. The van der Waals surface area contributed by atoms with Gasteiger partial charge >= 0.3 is 32.0 Å². The van der Waals surface area contributed by atoms with Crippen molar-refractivity contribution in [3.63, 3.8) is 0 Å². The Balaban J connectivity index is 2.05. The fourth-order valence-electron chi connectivity index (χ4n) is 7.39. The van der Waals surface area contributed by atoms with E-state index in [9.17, 15) is 19.2 Å². The first-order valence-electron chi connectivity index (χ1n) is 24.9. The number of amides is 1. The zero-order chi connectivity index (χ0) is 53.9. The molecule has 1 aliphatic heterocycles. The number of halogens is 7. The van der Waals surface area contributed by atoms with Gasteiger partial charge in [0.15, 0.2) is 17.3 Å². The van der Waals surface area contributed by atoms with Gasteiger partial charge in [-0.15, -0.1) is 0 Å². The van der Waals surface area contributed by atoms with Crippen LogP contribution in [-0.2, 0) is 47.1 Å². The average molecular weight is 1190 g/mol. The van der Waals surface area contributed by atoms with Crippen LogP contribution < -0.4 is 14.4 Å². The van der Waals surface area contributed by atoms with E-state index in [4.69, 9.17) is 123 Å². The summed E-state index contributed by atoms with van der Waals surface area (Å²) in [4.78, 5) is 54.3. The predicted molar refractivity (Wildman–Crippen MR) is 285 cm³/mol. The summed E-state index contributed by atoms with van der Waals surface area (Å²) in [6.07, 6.45) is 7.54. The van der Waals surface area contributed by atoms with Gasteiger partial charge in [-0.05, 0) is 57.4 Å². The number of rotatable bonds is 33. The van der Waals surface area contributed by atoms with Gasteiger partial charge in [-0.1, -0.05) is 221 Å². The molecule has 2 aromatic carbocycles. The van der Waals surface area contributed by atoms with E-state index in [0.29, 0.717) is 19.3 Å². The Morgan fingerprint density at radius 3 is 1.70 bits per heavy atom. The van der Waals surface area contributed by atoms with Gasteiger partial charge in [0.1, 0.15) is 49.1 Å². The number of alkyl halides is 7. The standard InChI is InChI=1S/C50H71Cl7NO14P/c1-5-7-9-11-13-14-16-17-21-31-38(66-40(59)32-26-18-15-12-10-8-6-2)33-41(60)68-44-42(58-46(61)65-35-49(52,53)54)45(51)67-39(34-64-47(62)69-48(3,4)50(55,56)57)43(44)72-73(63,70-36-27-22-19-23-28-36)71-37-29-24-20-25-30-37/h19-20,22-25,27-30,38-39,42-45H,5-18,21,26,31-35H2,1-4H3,(H,58,61)/t38-,39-,42-,43-,44-,45+/m1/s1. The molecule has 3 rings (SSSR count). The smallest absolute Gasteiger partial charge is 0.462 e. The molecule has 1 fully saturated rings. The number of phosphoric acid groups is 1. The summed E-state index contributed by atoms with van der Waals surface area (Å²) in [6.45, 7) is 5.43. The zero-order valence-corrected chi connectivity index (χ0v) is 48.1. The number of alkyl carbamates (subject to hydrolysis) is 1. The number of carbonyl (C=O) groups is 4. The molecular formula is C50H71Cl7NO14P. The van der Waals surface area contributed by atoms with Crippen LogP contribution in [0.2, 0.25) is 0 Å². The molecule has 1 aliphatic rings. The van der Waals surface area contributed by atoms with Crippen LogP contribution >= 0.6 is 89.0 Å². The van der Waals surface area contributed by atoms with Crippen LogP contribution in [-0.4, -0.2) is 86.6 Å². The third-order valence-corrected chi connectivity index (χ3v) is 14.9. The Morgan fingerprint density at radius 2 is 1.19 bits per heavy atom. The largest absolute Gasteiger partial charge is 0.588 e. The van der Waals surface area contributed by atoms with Gasteiger partial charge in [-0.3, -0.25) is 14.1 Å². The second-order valence-electron chi connectivity index (χ2n) is 18.1. The van der Waals surface area contributed by atoms with Crippen LogP contribution in [0.4, 0.5) is 9.59 Å². The van der Waals surface area contributed by atoms with Gasteiger partial charge in [0.25, 0.3) is 0 Å². The summed E-state index contributed by atoms with van der Waals surface area (Å²) in [6, 6.07) is 14.1. The number of carbonyl (C=O) groups excluding carboxylic acids is 4. The number of hydrogen-bond donors (Lipinski definition) is 1. The van der Waals surface area contributed by atoms with Crippen molar-refractivity contribution in [2.75, 3.05) is 13.2 Å². The normalized spacial score (nSPS) is 18.8. The van der Waals surface area contributed by atoms with Crippen LogP contribution in [0.1, 0.15) is 150 Å². The molecule has 1 saturated heterocycles. The molecule has 15 nitrogen and oxygen atoms in total. The van der Waals surface area contributed by atoms with Gasteiger partial charge in [0.2, 0.25) is 7.59 Å². The quantitative estimate of drug-likeness (QED) is 0.0234. The molecule has 73 heavy (non-hydrogen) atoms. The number of nitrogens with one attached hydrogen (secondary N) is 1. The van der Waals surface area contributed by atoms with E-state index in [1.54, 1.807) is 36.4 Å². The van der Waals surface area contributed by atoms with E-state index in [0.717, 1.165) is 77.0 Å². The maximum Gasteiger partial charge on any atom is 0.588 e. The number of hydrogen-bond acceptors (Lipinski definition) is 14. The number of phosphoric ester groups is 1. The molecule has 414 valence electrons. The van der Waals surface area contributed by atoms with Crippen LogP contribution in [0.15, 0.2) is 60.7 Å². The van der Waals surface area contributed by atoms with Crippen molar-refractivity contribution >= 4 is 113 Å². The maximum atomic E-state index is 15.1. The number of unbranched alkanes of at least 4 members (excludes halogenated alkanes) is 14. The molecule has 6 atom stereocenters. The lowest BCUT2D eigenvalue weighted by Gasteiger charge is -2.44. The minimum Gasteiger partial charge on any atom is -0.462 e. The molecule has 0 unspecified atom stereocenters. The van der Waals surface area contributed by atoms with Crippen molar-refractivity contribution in [3.8, 4) is 11.5 Å². The van der Waals surface area contributed by atoms with Crippen molar-refractivity contribution in [2.45, 2.75) is 199 Å². The summed E-state index contributed by atoms with van der Waals surface area (Å²) in [7, 11) is -4.97. The molecule has 2 aromatic rings. The highest BCUT2D eigenvalue weighted by molar-refractivity contribution is 7.49. The lowest BCUT2D eigenvalue weighted by molar-refractivity contribution is -0.196. The highest BCUT2D eigenvalue weighted by Gasteiger charge is 2.54. The fourth-order valence-corrected chi connectivity index (χ4v) is 9.44. The summed E-state index contributed by atoms with van der Waals surface area (Å²) < 4.78 is 63.2. The summed E-state index contributed by atoms with van der Waals surface area (Å²) in [5.41, 5.74) is -3.37. The molecule has 0 bridgehead atoms. The van der Waals surface area contributed by atoms with Crippen LogP contribution in [0.5, 0.6) is 11.5 Å². The number of benzene rings is 2. The second kappa shape index (κ2) is 33.8. The van der Waals surface area contributed by atoms with Crippen LogP contribution in [0.3, 0.4) is 0 Å². The fraction of sp³-hybridized carbons (Fsp3) is 0.680. The highest BCUT2D eigenvalue weighted by atomic mass is 35.6. The number of ether oxygens (including phenoxy) is 6. The SMILES string of the molecule is CCCCCCCCCCC[C@H](CC(=O)O[C@@H]1[C@@H](NC(=O)OCC(Cl)(Cl)Cl)[C@@H](Cl)O[C@H](COC(=O)OC(C)(C)C(Cl)(Cl)Cl)[C@H]1OP(=O)(Oc1ccccc1)Oc1ccccc1)OC(=O)CCCCCCCCC. The molecule has 0 spiro atoms. The highest BCUT2D eigenvalue weighted by Crippen LogP contribution is 2.53. The summed E-state index contributed by atoms with van der Waals surface area (Å²) in [5, 5.41) is 2.46. The van der Waals surface area contributed by atoms with Gasteiger partial charge in [-0.25, -0.2) is 14.2 Å². The lowest BCUT2D eigenvalue weighted by atomic mass is 9.97. The third-order valence-electron chi connectivity index (χ3n) is 11.4. The van der Waals surface area contributed by atoms with E-state index >= 15 is 4.57 Å². The molecule has 1 N–H and O–H groups in total. The molecule has 0 radical (unpaired) electrons. The Kier molecular flexibility index (Phi) is 30.1. The predicted octanol–water partition coefficient (Wildman–Crippen LogP) is 15.6. The molecule has 0 aromatic heterocycles. The van der Waals surface area contributed by atoms with Crippen molar-refractivity contribution in [1.82, 2.24) is 5.32 Å². The van der Waals surface area contributed by atoms with E-state index < -0.39 is 101 Å². The first kappa shape index (κ1) is 65.0. The zero-order valence-electron chi connectivity index (χ0n) is 41.9. The van der Waals surface area contributed by atoms with Crippen molar-refractivity contribution < 1.29 is 65.7 Å². The van der Waals surface area contributed by atoms with Gasteiger partial charge in [0, 0.05) is 6.42 Å². The lowest BCUT2D eigenvalue weighted by Crippen LogP contribution is -2.65. The topological polar surface area (TPSA) is 180 Å². The Hall–Kier alpha value is -2.30. The van der Waals surface area contributed by atoms with Crippen molar-refractivity contribution in [3.05, 3.63) is 60.7 Å². The van der Waals surface area contributed by atoms with Gasteiger partial charge in [-0.2, -0.15) is 0 Å². The number of esters is 2. The second-order valence-corrected chi connectivity index (χ2v) is 24.8. The first-order chi connectivity index (χ1) is 34.5. The van der Waals surface area contributed by atoms with Gasteiger partial charge < -0.3 is 42.8 Å². The Morgan fingerprint density at radius 1 is 0.685 bits per heavy atom. The number of para-hydroxylation sites is 2. The first-order valence-corrected chi connectivity index (χ1v) is 29.1. The Bertz CT molecular complexity index is 1920. The van der Waals surface area contributed by atoms with Crippen molar-refractivity contribution in [1.29, 1.82) is 0 Å². The maximum absolute atomic E-state index is 15.1. The minimum absolute atomic E-state index is 0.0233. The molecule has 23 heteroatoms. The van der Waals surface area contributed by atoms with Crippen molar-refractivity contribution in [2.24, 2.45) is 0 Å². The molecule has 1 amide bonds. The van der Waals surface area contributed by atoms with E-state index in [1.807, 2.05) is 0 Å². The molecule has 0 aliphatic carbocycles. The van der Waals surface area contributed by atoms with Crippen LogP contribution in [0, 0.1) is 0 Å². The molecular weight excluding hydrogens is 1120 g/mol. The van der Waals surface area contributed by atoms with E-state index in [2.05, 4.69) is 19.2 Å². The van der Waals surface area contributed by atoms with Crippen LogP contribution in [0.25, 0.3) is 0 Å². The monoisotopic (exact) mass is 1190 g/mol. The Labute approximate surface area is 465 Å². The molecule has 1 heterocycles. The summed E-state index contributed by atoms with van der Waals surface area (Å²) in [5.74, 6) is -1.38. The molecule has 0 saturated carbocycles. The van der Waals surface area contributed by atoms with E-state index in [1.165, 1.54) is 51.0 Å². The minimum atomic E-state index is -4.97. The average Bonchev–Trinajstić information content (AvgIpc) is 3.31. The van der Waals surface area contributed by atoms with Gasteiger partial charge in [0.05, 0.1) is 6.42 Å². The summed E-state index contributed by atoms with van der Waals surface area (Å²) >= 11 is 42.6.